The monoisotopic (exact) mass is 480 g/mol. The van der Waals surface area contributed by atoms with Crippen LogP contribution in [-0.2, 0) is 23.9 Å². The first kappa shape index (κ1) is 26.2. The standard InChI is InChI=1S/C13H13F9N2O5S/c1-27-8-4-2-7(3-5-8)9(6-23)24-29-30(25,26)13(21,22)12(19,20)28-11(17,18)10(14,15)16/h7-8H,2-5H2,1H3. The average molecular weight is 480 g/mol. The molecule has 1 fully saturated rings. The highest BCUT2D eigenvalue weighted by molar-refractivity contribution is 7.87. The van der Waals surface area contributed by atoms with Crippen LogP contribution in [-0.4, -0.2) is 51.0 Å². The highest BCUT2D eigenvalue weighted by atomic mass is 32.2. The quantitative estimate of drug-likeness (QED) is 0.298. The van der Waals surface area contributed by atoms with Gasteiger partial charge in [0.1, 0.15) is 6.07 Å². The minimum atomic E-state index is -6.97. The zero-order chi connectivity index (χ0) is 23.6. The summed E-state index contributed by atoms with van der Waals surface area (Å²) in [6.45, 7) is 0. The molecule has 30 heavy (non-hydrogen) atoms. The van der Waals surface area contributed by atoms with E-state index in [-0.39, 0.29) is 18.9 Å². The molecule has 1 rings (SSSR count). The predicted molar refractivity (Wildman–Crippen MR) is 77.8 cm³/mol. The predicted octanol–water partition coefficient (Wildman–Crippen LogP) is 3.77. The molecule has 0 aromatic rings. The number of oxime groups is 1. The van der Waals surface area contributed by atoms with E-state index in [4.69, 9.17) is 10.00 Å². The van der Waals surface area contributed by atoms with E-state index in [1.807, 2.05) is 0 Å². The van der Waals surface area contributed by atoms with Crippen LogP contribution in [0.4, 0.5) is 39.5 Å². The Bertz CT molecular complexity index is 784. The van der Waals surface area contributed by atoms with Crippen LogP contribution in [0.5, 0.6) is 0 Å². The van der Waals surface area contributed by atoms with Crippen molar-refractivity contribution in [3.63, 3.8) is 0 Å². The van der Waals surface area contributed by atoms with Gasteiger partial charge in [-0.3, -0.25) is 4.28 Å². The number of ether oxygens (including phenoxy) is 2. The van der Waals surface area contributed by atoms with E-state index in [1.54, 1.807) is 4.74 Å². The Morgan fingerprint density at radius 1 is 0.967 bits per heavy atom. The number of halogens is 9. The van der Waals surface area contributed by atoms with Gasteiger partial charge in [-0.1, -0.05) is 5.16 Å². The number of nitrogens with zero attached hydrogens (tertiary/aromatic N) is 2. The first-order valence-electron chi connectivity index (χ1n) is 7.76. The summed E-state index contributed by atoms with van der Waals surface area (Å²) in [7, 11) is -5.57. The van der Waals surface area contributed by atoms with Crippen LogP contribution in [0.2, 0.25) is 0 Å². The molecule has 174 valence electrons. The van der Waals surface area contributed by atoms with Crippen molar-refractivity contribution in [2.45, 2.75) is 55.4 Å². The lowest BCUT2D eigenvalue weighted by Crippen LogP contribution is -2.55. The zero-order valence-electron chi connectivity index (χ0n) is 14.7. The van der Waals surface area contributed by atoms with Crippen molar-refractivity contribution < 1.29 is 61.7 Å². The third-order valence-electron chi connectivity index (χ3n) is 3.98. The summed E-state index contributed by atoms with van der Waals surface area (Å²) in [6, 6.07) is 1.31. The molecule has 0 amide bonds. The zero-order valence-corrected chi connectivity index (χ0v) is 15.5. The van der Waals surface area contributed by atoms with E-state index in [0.717, 1.165) is 0 Å². The molecule has 0 spiro atoms. The molecule has 0 aromatic carbocycles. The molecule has 0 bridgehead atoms. The van der Waals surface area contributed by atoms with Crippen molar-refractivity contribution in [3.05, 3.63) is 0 Å². The Labute approximate surface area is 163 Å². The summed E-state index contributed by atoms with van der Waals surface area (Å²) >= 11 is 0. The Morgan fingerprint density at radius 3 is 1.87 bits per heavy atom. The topological polar surface area (TPSA) is 98.0 Å². The van der Waals surface area contributed by atoms with Gasteiger partial charge >= 0.3 is 33.8 Å². The van der Waals surface area contributed by atoms with Gasteiger partial charge in [0, 0.05) is 13.0 Å². The van der Waals surface area contributed by atoms with Crippen LogP contribution < -0.4 is 0 Å². The molecule has 7 nitrogen and oxygen atoms in total. The minimum Gasteiger partial charge on any atom is -0.381 e. The molecule has 0 unspecified atom stereocenters. The maximum Gasteiger partial charge on any atom is 0.483 e. The van der Waals surface area contributed by atoms with Gasteiger partial charge in [0.05, 0.1) is 6.10 Å². The van der Waals surface area contributed by atoms with Crippen molar-refractivity contribution in [2.24, 2.45) is 11.1 Å². The van der Waals surface area contributed by atoms with E-state index in [1.165, 1.54) is 13.2 Å². The van der Waals surface area contributed by atoms with Crippen molar-refractivity contribution in [2.75, 3.05) is 7.11 Å². The molecule has 0 N–H and O–H groups in total. The smallest absolute Gasteiger partial charge is 0.381 e. The summed E-state index contributed by atoms with van der Waals surface area (Å²) < 4.78 is 147. The van der Waals surface area contributed by atoms with Gasteiger partial charge in [-0.25, -0.2) is 4.74 Å². The fourth-order valence-electron chi connectivity index (χ4n) is 2.32. The lowest BCUT2D eigenvalue weighted by atomic mass is 9.84. The first-order chi connectivity index (χ1) is 13.4. The molecular weight excluding hydrogens is 467 g/mol. The number of nitriles is 1. The molecule has 0 atom stereocenters. The Morgan fingerprint density at radius 2 is 1.47 bits per heavy atom. The van der Waals surface area contributed by atoms with Gasteiger partial charge in [0.2, 0.25) is 0 Å². The maximum absolute atomic E-state index is 13.5. The normalized spacial score (nSPS) is 22.5. The van der Waals surface area contributed by atoms with Crippen LogP contribution >= 0.6 is 0 Å². The summed E-state index contributed by atoms with van der Waals surface area (Å²) in [5.41, 5.74) is -0.797. The molecule has 0 radical (unpaired) electrons. The van der Waals surface area contributed by atoms with E-state index in [9.17, 15) is 47.9 Å². The second-order valence-electron chi connectivity index (χ2n) is 5.98. The fraction of sp³-hybridized carbons (Fsp3) is 0.846. The van der Waals surface area contributed by atoms with Crippen LogP contribution in [0, 0.1) is 17.2 Å². The molecule has 0 heterocycles. The Hall–Kier alpha value is -1.80. The number of rotatable bonds is 8. The third-order valence-corrected chi connectivity index (χ3v) is 5.12. The molecular formula is C13H13F9N2O5S. The van der Waals surface area contributed by atoms with Gasteiger partial charge in [-0.15, -0.1) is 0 Å². The number of hydrogen-bond acceptors (Lipinski definition) is 7. The summed E-state index contributed by atoms with van der Waals surface area (Å²) in [4.78, 5) is 0. The van der Waals surface area contributed by atoms with Gasteiger partial charge in [0.25, 0.3) is 0 Å². The number of methoxy groups -OCH3 is 1. The molecule has 1 saturated carbocycles. The third kappa shape index (κ3) is 5.46. The summed E-state index contributed by atoms with van der Waals surface area (Å²) in [5, 5.41) is 4.76. The van der Waals surface area contributed by atoms with E-state index >= 15 is 0 Å². The number of alkyl halides is 9. The molecule has 0 aromatic heterocycles. The Balaban J connectivity index is 3.05. The van der Waals surface area contributed by atoms with Gasteiger partial charge in [-0.05, 0) is 25.7 Å². The summed E-state index contributed by atoms with van der Waals surface area (Å²) in [6.07, 6.45) is -19.8. The largest absolute Gasteiger partial charge is 0.483 e. The first-order valence-corrected chi connectivity index (χ1v) is 9.17. The van der Waals surface area contributed by atoms with Gasteiger partial charge in [-0.2, -0.15) is 53.2 Å². The van der Waals surface area contributed by atoms with Crippen molar-refractivity contribution >= 4 is 15.8 Å². The van der Waals surface area contributed by atoms with E-state index in [2.05, 4.69) is 9.44 Å². The van der Waals surface area contributed by atoms with Gasteiger partial charge < -0.3 is 4.74 Å². The van der Waals surface area contributed by atoms with Crippen LogP contribution in [0.15, 0.2) is 5.16 Å². The maximum atomic E-state index is 13.5. The lowest BCUT2D eigenvalue weighted by Gasteiger charge is -2.28. The lowest BCUT2D eigenvalue weighted by molar-refractivity contribution is -0.476. The van der Waals surface area contributed by atoms with Crippen molar-refractivity contribution in [1.82, 2.24) is 0 Å². The molecule has 1 aliphatic carbocycles. The molecule has 0 aliphatic heterocycles. The molecule has 1 aliphatic rings. The Kier molecular flexibility index (Phi) is 7.65. The van der Waals surface area contributed by atoms with Gasteiger partial charge in [0.15, 0.2) is 5.71 Å². The van der Waals surface area contributed by atoms with Crippen LogP contribution in [0.3, 0.4) is 0 Å². The van der Waals surface area contributed by atoms with Crippen molar-refractivity contribution in [1.29, 1.82) is 5.26 Å². The second-order valence-corrected chi connectivity index (χ2v) is 7.55. The average Bonchev–Trinajstić information content (AvgIpc) is 2.60. The van der Waals surface area contributed by atoms with Crippen LogP contribution in [0.1, 0.15) is 25.7 Å². The molecule has 0 saturated heterocycles. The highest BCUT2D eigenvalue weighted by Crippen LogP contribution is 2.47. The van der Waals surface area contributed by atoms with Crippen molar-refractivity contribution in [3.8, 4) is 6.07 Å². The highest BCUT2D eigenvalue weighted by Gasteiger charge is 2.76. The van der Waals surface area contributed by atoms with E-state index in [0.29, 0.717) is 12.8 Å². The SMILES string of the molecule is COC1CCC(C(C#N)=NOS(=O)(=O)C(F)(F)C(F)(F)OC(F)(F)C(F)(F)F)CC1. The number of hydrogen-bond donors (Lipinski definition) is 0. The summed E-state index contributed by atoms with van der Waals surface area (Å²) in [5.74, 6) is -0.823. The fourth-order valence-corrected chi connectivity index (χ4v) is 2.92. The van der Waals surface area contributed by atoms with Crippen LogP contribution in [0.25, 0.3) is 0 Å². The molecule has 17 heteroatoms. The minimum absolute atomic E-state index is 0.155. The second kappa shape index (κ2) is 8.75. The van der Waals surface area contributed by atoms with E-state index < -0.39 is 45.4 Å².